The topological polar surface area (TPSA) is 63.6 Å². The Bertz CT molecular complexity index is 510. The number of hydrogen-bond acceptors (Lipinski definition) is 5. The van der Waals surface area contributed by atoms with Crippen LogP contribution < -0.4 is 5.32 Å². The highest BCUT2D eigenvalue weighted by Crippen LogP contribution is 2.13. The summed E-state index contributed by atoms with van der Waals surface area (Å²) in [5.41, 5.74) is 1.86. The molecule has 0 aliphatic carbocycles. The second kappa shape index (κ2) is 5.53. The Labute approximate surface area is 107 Å². The van der Waals surface area contributed by atoms with Crippen LogP contribution in [0.4, 0.5) is 5.82 Å². The van der Waals surface area contributed by atoms with Gasteiger partial charge in [-0.25, -0.2) is 9.97 Å². The molecule has 0 aliphatic rings. The van der Waals surface area contributed by atoms with Gasteiger partial charge in [-0.3, -0.25) is 0 Å². The molecule has 2 rings (SSSR count). The van der Waals surface area contributed by atoms with E-state index in [-0.39, 0.29) is 0 Å². The largest absolute Gasteiger partial charge is 0.364 e. The molecule has 0 saturated heterocycles. The zero-order valence-electron chi connectivity index (χ0n) is 10.9. The Morgan fingerprint density at radius 3 is 2.78 bits per heavy atom. The lowest BCUT2D eigenvalue weighted by Crippen LogP contribution is -2.07. The number of hydrogen-bond donors (Lipinski definition) is 1. The number of nitrogens with zero attached hydrogens (tertiary/aromatic N) is 4. The lowest BCUT2D eigenvalue weighted by molar-refractivity contribution is 0.766. The van der Waals surface area contributed by atoms with Crippen molar-refractivity contribution in [3.63, 3.8) is 0 Å². The summed E-state index contributed by atoms with van der Waals surface area (Å²) < 4.78 is 0. The fourth-order valence-corrected chi connectivity index (χ4v) is 1.55. The van der Waals surface area contributed by atoms with E-state index < -0.39 is 0 Å². The summed E-state index contributed by atoms with van der Waals surface area (Å²) in [7, 11) is 0. The van der Waals surface area contributed by atoms with Gasteiger partial charge in [0.05, 0.1) is 12.2 Å². The molecule has 0 bridgehead atoms. The monoisotopic (exact) mass is 243 g/mol. The van der Waals surface area contributed by atoms with Crippen molar-refractivity contribution >= 4 is 5.82 Å². The Kier molecular flexibility index (Phi) is 3.82. The summed E-state index contributed by atoms with van der Waals surface area (Å²) in [5.74, 6) is 2.01. The van der Waals surface area contributed by atoms with Gasteiger partial charge in [0.2, 0.25) is 0 Å². The molecular formula is C13H17N5. The first-order chi connectivity index (χ1) is 8.65. The van der Waals surface area contributed by atoms with Crippen LogP contribution in [-0.2, 0) is 6.54 Å². The molecule has 0 atom stereocenters. The number of anilines is 1. The molecular weight excluding hydrogens is 226 g/mol. The molecule has 0 aliphatic heterocycles. The van der Waals surface area contributed by atoms with E-state index in [1.54, 1.807) is 6.20 Å². The molecule has 0 aromatic carbocycles. The molecule has 5 heteroatoms. The maximum Gasteiger partial charge on any atom is 0.133 e. The van der Waals surface area contributed by atoms with Gasteiger partial charge >= 0.3 is 0 Å². The van der Waals surface area contributed by atoms with Gasteiger partial charge in [0.25, 0.3) is 0 Å². The first-order valence-electron chi connectivity index (χ1n) is 6.01. The van der Waals surface area contributed by atoms with Crippen LogP contribution in [0.2, 0.25) is 0 Å². The van der Waals surface area contributed by atoms with Crippen molar-refractivity contribution in [1.82, 2.24) is 20.2 Å². The lowest BCUT2D eigenvalue weighted by atomic mass is 10.2. The molecule has 0 spiro atoms. The van der Waals surface area contributed by atoms with E-state index in [1.807, 2.05) is 25.1 Å². The van der Waals surface area contributed by atoms with Crippen LogP contribution in [0.1, 0.15) is 37.0 Å². The van der Waals surface area contributed by atoms with Crippen LogP contribution in [0, 0.1) is 6.92 Å². The van der Waals surface area contributed by atoms with E-state index in [2.05, 4.69) is 39.3 Å². The van der Waals surface area contributed by atoms with Gasteiger partial charge in [-0.05, 0) is 19.1 Å². The maximum absolute atomic E-state index is 4.48. The fraction of sp³-hybridized carbons (Fsp3) is 0.385. The van der Waals surface area contributed by atoms with E-state index >= 15 is 0 Å². The number of rotatable bonds is 4. The molecule has 1 N–H and O–H groups in total. The average molecular weight is 243 g/mol. The van der Waals surface area contributed by atoms with Crippen molar-refractivity contribution in [2.75, 3.05) is 5.32 Å². The van der Waals surface area contributed by atoms with E-state index in [4.69, 9.17) is 0 Å². The van der Waals surface area contributed by atoms with Gasteiger partial charge in [-0.2, -0.15) is 10.2 Å². The zero-order valence-corrected chi connectivity index (χ0v) is 10.9. The predicted molar refractivity (Wildman–Crippen MR) is 70.2 cm³/mol. The maximum atomic E-state index is 4.48. The first-order valence-corrected chi connectivity index (χ1v) is 6.01. The van der Waals surface area contributed by atoms with Crippen LogP contribution in [0.25, 0.3) is 0 Å². The third kappa shape index (κ3) is 3.23. The highest BCUT2D eigenvalue weighted by molar-refractivity contribution is 5.36. The minimum Gasteiger partial charge on any atom is -0.364 e. The molecule has 2 aromatic heterocycles. The molecule has 2 aromatic rings. The van der Waals surface area contributed by atoms with Crippen LogP contribution in [0.5, 0.6) is 0 Å². The normalized spacial score (nSPS) is 10.7. The van der Waals surface area contributed by atoms with E-state index in [0.29, 0.717) is 12.5 Å². The first kappa shape index (κ1) is 12.4. The summed E-state index contributed by atoms with van der Waals surface area (Å²) in [6.07, 6.45) is 1.66. The third-order valence-corrected chi connectivity index (χ3v) is 2.47. The number of aryl methyl sites for hydroxylation is 1. The van der Waals surface area contributed by atoms with Gasteiger partial charge in [-0.1, -0.05) is 13.8 Å². The molecule has 0 unspecified atom stereocenters. The van der Waals surface area contributed by atoms with Gasteiger partial charge in [-0.15, -0.1) is 0 Å². The standard InChI is InChI=1S/C13H17N5/c1-9(2)13-16-10(3)7-12(17-13)14-8-11-5-4-6-15-18-11/h4-7,9H,8H2,1-3H3,(H,14,16,17). The average Bonchev–Trinajstić information content (AvgIpc) is 2.37. The van der Waals surface area contributed by atoms with Crippen molar-refractivity contribution in [1.29, 1.82) is 0 Å². The van der Waals surface area contributed by atoms with Crippen LogP contribution in [-0.4, -0.2) is 20.2 Å². The molecule has 0 amide bonds. The summed E-state index contributed by atoms with van der Waals surface area (Å²) in [4.78, 5) is 8.89. The zero-order chi connectivity index (χ0) is 13.0. The molecule has 0 fully saturated rings. The van der Waals surface area contributed by atoms with E-state index in [9.17, 15) is 0 Å². The minimum atomic E-state index is 0.321. The molecule has 0 radical (unpaired) electrons. The SMILES string of the molecule is Cc1cc(NCc2cccnn2)nc(C(C)C)n1. The highest BCUT2D eigenvalue weighted by Gasteiger charge is 2.06. The predicted octanol–water partition coefficient (Wildman–Crippen LogP) is 2.31. The Balaban J connectivity index is 2.10. The summed E-state index contributed by atoms with van der Waals surface area (Å²) in [5, 5.41) is 11.1. The van der Waals surface area contributed by atoms with Gasteiger partial charge in [0, 0.05) is 23.9 Å². The lowest BCUT2D eigenvalue weighted by Gasteiger charge is -2.09. The summed E-state index contributed by atoms with van der Waals surface area (Å²) in [6.45, 7) is 6.76. The summed E-state index contributed by atoms with van der Waals surface area (Å²) in [6, 6.07) is 5.73. The second-order valence-corrected chi connectivity index (χ2v) is 4.48. The van der Waals surface area contributed by atoms with Crippen molar-refractivity contribution in [3.05, 3.63) is 41.6 Å². The van der Waals surface area contributed by atoms with Crippen molar-refractivity contribution in [3.8, 4) is 0 Å². The molecule has 0 saturated carbocycles. The Morgan fingerprint density at radius 1 is 1.28 bits per heavy atom. The number of nitrogens with one attached hydrogen (secondary N) is 1. The summed E-state index contributed by atoms with van der Waals surface area (Å²) >= 11 is 0. The van der Waals surface area contributed by atoms with Crippen LogP contribution in [0.3, 0.4) is 0 Å². The number of aromatic nitrogens is 4. The molecule has 2 heterocycles. The van der Waals surface area contributed by atoms with E-state index in [0.717, 1.165) is 23.0 Å². The molecule has 94 valence electrons. The minimum absolute atomic E-state index is 0.321. The molecule has 5 nitrogen and oxygen atoms in total. The fourth-order valence-electron chi connectivity index (χ4n) is 1.55. The van der Waals surface area contributed by atoms with Crippen LogP contribution in [0.15, 0.2) is 24.4 Å². The van der Waals surface area contributed by atoms with E-state index in [1.165, 1.54) is 0 Å². The quantitative estimate of drug-likeness (QED) is 0.892. The van der Waals surface area contributed by atoms with Gasteiger partial charge < -0.3 is 5.32 Å². The second-order valence-electron chi connectivity index (χ2n) is 4.48. The third-order valence-electron chi connectivity index (χ3n) is 2.47. The van der Waals surface area contributed by atoms with Crippen molar-refractivity contribution in [2.24, 2.45) is 0 Å². The van der Waals surface area contributed by atoms with Crippen molar-refractivity contribution in [2.45, 2.75) is 33.2 Å². The highest BCUT2D eigenvalue weighted by atomic mass is 15.1. The smallest absolute Gasteiger partial charge is 0.133 e. The van der Waals surface area contributed by atoms with Crippen molar-refractivity contribution < 1.29 is 0 Å². The Morgan fingerprint density at radius 2 is 2.11 bits per heavy atom. The van der Waals surface area contributed by atoms with Gasteiger partial charge in [0.15, 0.2) is 0 Å². The van der Waals surface area contributed by atoms with Gasteiger partial charge in [0.1, 0.15) is 11.6 Å². The van der Waals surface area contributed by atoms with Crippen LogP contribution >= 0.6 is 0 Å². The molecule has 18 heavy (non-hydrogen) atoms. The Hall–Kier alpha value is -2.04.